The summed E-state index contributed by atoms with van der Waals surface area (Å²) in [6, 6.07) is 10.8. The van der Waals surface area contributed by atoms with Crippen LogP contribution in [0.3, 0.4) is 0 Å². The number of benzene rings is 1. The smallest absolute Gasteiger partial charge is 0.0587 e. The molecule has 0 amide bonds. The predicted octanol–water partition coefficient (Wildman–Crippen LogP) is 3.59. The fourth-order valence-electron chi connectivity index (χ4n) is 2.12. The minimum atomic E-state index is 0.688. The monoisotopic (exact) mass is 249 g/mol. The molecule has 0 radical (unpaired) electrons. The fraction of sp³-hybridized carbons (Fsp3) is 0.625. The Bertz CT molecular complexity index is 286. The molecule has 0 bridgehead atoms. The maximum Gasteiger partial charge on any atom is 0.0587 e. The third-order valence-corrected chi connectivity index (χ3v) is 3.34. The van der Waals surface area contributed by atoms with Crippen molar-refractivity contribution in [2.24, 2.45) is 0 Å². The third kappa shape index (κ3) is 6.77. The Morgan fingerprint density at radius 3 is 2.56 bits per heavy atom. The van der Waals surface area contributed by atoms with E-state index in [4.69, 9.17) is 4.74 Å². The zero-order chi connectivity index (χ0) is 13.1. The first-order valence-corrected chi connectivity index (χ1v) is 7.09. The molecular formula is C16H27NO. The topological polar surface area (TPSA) is 21.3 Å². The molecule has 0 aliphatic rings. The number of hydrogen-bond acceptors (Lipinski definition) is 2. The van der Waals surface area contributed by atoms with Crippen molar-refractivity contribution in [1.29, 1.82) is 0 Å². The molecule has 0 aliphatic carbocycles. The van der Waals surface area contributed by atoms with E-state index < -0.39 is 0 Å². The Morgan fingerprint density at radius 1 is 1.06 bits per heavy atom. The Balaban J connectivity index is 1.98. The molecule has 1 atom stereocenters. The van der Waals surface area contributed by atoms with Gasteiger partial charge < -0.3 is 10.1 Å². The quantitative estimate of drug-likeness (QED) is 0.640. The van der Waals surface area contributed by atoms with Crippen molar-refractivity contribution < 1.29 is 4.74 Å². The lowest BCUT2D eigenvalue weighted by atomic mass is 9.95. The maximum absolute atomic E-state index is 4.99. The molecule has 2 nitrogen and oxygen atoms in total. The molecule has 0 heterocycles. The first kappa shape index (κ1) is 15.2. The number of nitrogens with one attached hydrogen (secondary N) is 1. The van der Waals surface area contributed by atoms with Gasteiger partial charge in [-0.25, -0.2) is 0 Å². The summed E-state index contributed by atoms with van der Waals surface area (Å²) in [7, 11) is 1.74. The van der Waals surface area contributed by atoms with E-state index in [0.717, 1.165) is 19.7 Å². The second-order valence-corrected chi connectivity index (χ2v) is 4.90. The zero-order valence-electron chi connectivity index (χ0n) is 11.8. The lowest BCUT2D eigenvalue weighted by molar-refractivity contribution is 0.199. The molecule has 1 N–H and O–H groups in total. The second-order valence-electron chi connectivity index (χ2n) is 4.90. The van der Waals surface area contributed by atoms with Gasteiger partial charge in [0.2, 0.25) is 0 Å². The summed E-state index contributed by atoms with van der Waals surface area (Å²) in [5.74, 6) is 0.688. The Hall–Kier alpha value is -0.860. The second kappa shape index (κ2) is 10.1. The lowest BCUT2D eigenvalue weighted by Gasteiger charge is -2.11. The van der Waals surface area contributed by atoms with E-state index in [2.05, 4.69) is 42.6 Å². The standard InChI is InChI=1S/C16H27NO/c1-15(16-10-6-3-7-11-16)9-5-4-8-12-17-13-14-18-2/h3,6-7,10-11,15,17H,4-5,8-9,12-14H2,1-2H3. The zero-order valence-corrected chi connectivity index (χ0v) is 11.8. The molecule has 0 saturated carbocycles. The fourth-order valence-corrected chi connectivity index (χ4v) is 2.12. The molecule has 1 aromatic carbocycles. The van der Waals surface area contributed by atoms with Crippen LogP contribution in [-0.4, -0.2) is 26.8 Å². The normalized spacial score (nSPS) is 12.6. The summed E-state index contributed by atoms with van der Waals surface area (Å²) in [6.07, 6.45) is 5.20. The number of ether oxygens (including phenoxy) is 1. The first-order valence-electron chi connectivity index (χ1n) is 7.09. The van der Waals surface area contributed by atoms with Crippen molar-refractivity contribution in [3.05, 3.63) is 35.9 Å². The van der Waals surface area contributed by atoms with Crippen molar-refractivity contribution in [2.45, 2.75) is 38.5 Å². The molecule has 0 aliphatic heterocycles. The molecule has 1 aromatic rings. The van der Waals surface area contributed by atoms with Gasteiger partial charge in [0.25, 0.3) is 0 Å². The van der Waals surface area contributed by atoms with Crippen LogP contribution in [0.2, 0.25) is 0 Å². The molecule has 1 rings (SSSR count). The molecule has 0 aromatic heterocycles. The van der Waals surface area contributed by atoms with E-state index in [9.17, 15) is 0 Å². The molecule has 2 heteroatoms. The third-order valence-electron chi connectivity index (χ3n) is 3.34. The van der Waals surface area contributed by atoms with Crippen molar-refractivity contribution >= 4 is 0 Å². The van der Waals surface area contributed by atoms with Gasteiger partial charge in [0, 0.05) is 13.7 Å². The highest BCUT2D eigenvalue weighted by Crippen LogP contribution is 2.21. The van der Waals surface area contributed by atoms with E-state index in [1.165, 1.54) is 31.2 Å². The summed E-state index contributed by atoms with van der Waals surface area (Å²) in [6.45, 7) is 5.22. The predicted molar refractivity (Wildman–Crippen MR) is 78.1 cm³/mol. The van der Waals surface area contributed by atoms with Gasteiger partial charge in [-0.3, -0.25) is 0 Å². The van der Waals surface area contributed by atoms with Crippen molar-refractivity contribution in [3.8, 4) is 0 Å². The van der Waals surface area contributed by atoms with Crippen LogP contribution >= 0.6 is 0 Å². The van der Waals surface area contributed by atoms with Gasteiger partial charge in [0.15, 0.2) is 0 Å². The van der Waals surface area contributed by atoms with Crippen LogP contribution in [0.15, 0.2) is 30.3 Å². The molecule has 0 spiro atoms. The highest BCUT2D eigenvalue weighted by atomic mass is 16.5. The summed E-state index contributed by atoms with van der Waals surface area (Å²) < 4.78 is 4.99. The number of rotatable bonds is 10. The van der Waals surface area contributed by atoms with Crippen LogP contribution < -0.4 is 5.32 Å². The van der Waals surface area contributed by atoms with Crippen molar-refractivity contribution in [2.75, 3.05) is 26.8 Å². The van der Waals surface area contributed by atoms with Crippen molar-refractivity contribution in [3.63, 3.8) is 0 Å². The van der Waals surface area contributed by atoms with E-state index in [1.807, 2.05) is 0 Å². The van der Waals surface area contributed by atoms with Crippen LogP contribution in [-0.2, 0) is 4.74 Å². The van der Waals surface area contributed by atoms with Gasteiger partial charge in [-0.15, -0.1) is 0 Å². The lowest BCUT2D eigenvalue weighted by Crippen LogP contribution is -2.20. The van der Waals surface area contributed by atoms with Gasteiger partial charge in [0.05, 0.1) is 6.61 Å². The van der Waals surface area contributed by atoms with Gasteiger partial charge in [-0.1, -0.05) is 50.1 Å². The minimum absolute atomic E-state index is 0.688. The summed E-state index contributed by atoms with van der Waals surface area (Å²) >= 11 is 0. The van der Waals surface area contributed by atoms with Crippen molar-refractivity contribution in [1.82, 2.24) is 5.32 Å². The van der Waals surface area contributed by atoms with Crippen LogP contribution in [0, 0.1) is 0 Å². The minimum Gasteiger partial charge on any atom is -0.383 e. The molecule has 18 heavy (non-hydrogen) atoms. The Morgan fingerprint density at radius 2 is 1.83 bits per heavy atom. The highest BCUT2D eigenvalue weighted by Gasteiger charge is 2.03. The number of hydrogen-bond donors (Lipinski definition) is 1. The Labute approximate surface area is 112 Å². The molecule has 102 valence electrons. The van der Waals surface area contributed by atoms with Gasteiger partial charge >= 0.3 is 0 Å². The van der Waals surface area contributed by atoms with Crippen LogP contribution in [0.5, 0.6) is 0 Å². The summed E-state index contributed by atoms with van der Waals surface area (Å²) in [5, 5.41) is 3.38. The Kier molecular flexibility index (Phi) is 8.53. The average Bonchev–Trinajstić information content (AvgIpc) is 2.42. The molecule has 0 fully saturated rings. The maximum atomic E-state index is 4.99. The summed E-state index contributed by atoms with van der Waals surface area (Å²) in [4.78, 5) is 0. The highest BCUT2D eigenvalue weighted by molar-refractivity contribution is 5.18. The SMILES string of the molecule is COCCNCCCCCC(C)c1ccccc1. The van der Waals surface area contributed by atoms with Gasteiger partial charge in [0.1, 0.15) is 0 Å². The van der Waals surface area contributed by atoms with Crippen LogP contribution in [0.25, 0.3) is 0 Å². The van der Waals surface area contributed by atoms with Crippen LogP contribution in [0.4, 0.5) is 0 Å². The van der Waals surface area contributed by atoms with E-state index >= 15 is 0 Å². The average molecular weight is 249 g/mol. The summed E-state index contributed by atoms with van der Waals surface area (Å²) in [5.41, 5.74) is 1.47. The van der Waals surface area contributed by atoms with E-state index in [1.54, 1.807) is 7.11 Å². The number of methoxy groups -OCH3 is 1. The first-order chi connectivity index (χ1) is 8.84. The largest absolute Gasteiger partial charge is 0.383 e. The van der Waals surface area contributed by atoms with Crippen LogP contribution in [0.1, 0.15) is 44.1 Å². The van der Waals surface area contributed by atoms with Gasteiger partial charge in [-0.2, -0.15) is 0 Å². The molecule has 0 saturated heterocycles. The molecule has 1 unspecified atom stereocenters. The van der Waals surface area contributed by atoms with E-state index in [-0.39, 0.29) is 0 Å². The molecular weight excluding hydrogens is 222 g/mol. The van der Waals surface area contributed by atoms with E-state index in [0.29, 0.717) is 5.92 Å². The number of unbranched alkanes of at least 4 members (excludes halogenated alkanes) is 2. The van der Waals surface area contributed by atoms with Gasteiger partial charge in [-0.05, 0) is 30.9 Å².